The Morgan fingerprint density at radius 3 is 2.00 bits per heavy atom. The van der Waals surface area contributed by atoms with E-state index in [2.05, 4.69) is 13.8 Å². The Bertz CT molecular complexity index is 139. The summed E-state index contributed by atoms with van der Waals surface area (Å²) in [6, 6.07) is 0. The molecule has 4 heteroatoms. The van der Waals surface area contributed by atoms with Crippen LogP contribution in [-0.4, -0.2) is 13.2 Å². The van der Waals surface area contributed by atoms with Gasteiger partial charge in [0, 0.05) is 0 Å². The second-order valence-electron chi connectivity index (χ2n) is 3.36. The monoisotopic (exact) mass is 222 g/mol. The molecule has 0 spiro atoms. The average molecular weight is 222 g/mol. The van der Waals surface area contributed by atoms with Gasteiger partial charge in [0.1, 0.15) is 0 Å². The van der Waals surface area contributed by atoms with E-state index in [9.17, 15) is 4.57 Å². The van der Waals surface area contributed by atoms with Crippen molar-refractivity contribution in [3.8, 4) is 0 Å². The highest BCUT2D eigenvalue weighted by atomic mass is 31.1. The van der Waals surface area contributed by atoms with Gasteiger partial charge in [-0.15, -0.1) is 0 Å². The van der Waals surface area contributed by atoms with Crippen LogP contribution in [0.3, 0.4) is 0 Å². The molecule has 0 rings (SSSR count). The largest absolute Gasteiger partial charge is 0.319 e. The van der Waals surface area contributed by atoms with Crippen LogP contribution in [0.4, 0.5) is 0 Å². The smallest absolute Gasteiger partial charge is 0.311 e. The molecule has 0 aliphatic heterocycles. The maximum Gasteiger partial charge on any atom is 0.319 e. The Hall–Kier alpha value is 0.150. The van der Waals surface area contributed by atoms with Crippen LogP contribution in [0.2, 0.25) is 0 Å². The molecule has 3 nitrogen and oxygen atoms in total. The highest BCUT2D eigenvalue weighted by Gasteiger charge is 1.98. The average Bonchev–Trinajstić information content (AvgIpc) is 2.18. The SMILES string of the molecule is CCCCCCO[PH](=O)OCCCC. The number of hydrogen-bond acceptors (Lipinski definition) is 3. The van der Waals surface area contributed by atoms with Gasteiger partial charge in [-0.2, -0.15) is 0 Å². The molecule has 0 aliphatic carbocycles. The second-order valence-corrected chi connectivity index (χ2v) is 4.44. The maximum absolute atomic E-state index is 11.1. The van der Waals surface area contributed by atoms with E-state index < -0.39 is 8.25 Å². The lowest BCUT2D eigenvalue weighted by Crippen LogP contribution is -1.91. The predicted molar refractivity (Wildman–Crippen MR) is 60.0 cm³/mol. The third-order valence-electron chi connectivity index (χ3n) is 1.94. The Labute approximate surface area is 88.1 Å². The minimum absolute atomic E-state index is 0.559. The number of unbranched alkanes of at least 4 members (excludes halogenated alkanes) is 4. The van der Waals surface area contributed by atoms with Crippen LogP contribution in [0.5, 0.6) is 0 Å². The van der Waals surface area contributed by atoms with Crippen molar-refractivity contribution in [2.24, 2.45) is 0 Å². The molecule has 0 aromatic rings. The number of hydrogen-bond donors (Lipinski definition) is 0. The van der Waals surface area contributed by atoms with Crippen LogP contribution < -0.4 is 0 Å². The summed E-state index contributed by atoms with van der Waals surface area (Å²) in [7, 11) is -2.20. The standard InChI is InChI=1S/C10H23O3P/c1-3-5-7-8-10-13-14(11)12-9-6-4-2/h14H,3-10H2,1-2H3. The van der Waals surface area contributed by atoms with Gasteiger partial charge in [-0.1, -0.05) is 39.5 Å². The van der Waals surface area contributed by atoms with E-state index in [1.807, 2.05) is 0 Å². The lowest BCUT2D eigenvalue weighted by molar-refractivity contribution is 0.219. The lowest BCUT2D eigenvalue weighted by Gasteiger charge is -2.04. The summed E-state index contributed by atoms with van der Waals surface area (Å²) in [5.41, 5.74) is 0. The quantitative estimate of drug-likeness (QED) is 0.416. The van der Waals surface area contributed by atoms with Gasteiger partial charge in [-0.25, -0.2) is 0 Å². The third-order valence-corrected chi connectivity index (χ3v) is 2.82. The van der Waals surface area contributed by atoms with Gasteiger partial charge in [0.2, 0.25) is 0 Å². The van der Waals surface area contributed by atoms with Crippen LogP contribution in [0.15, 0.2) is 0 Å². The maximum atomic E-state index is 11.1. The van der Waals surface area contributed by atoms with E-state index in [0.717, 1.165) is 25.7 Å². The summed E-state index contributed by atoms with van der Waals surface area (Å²) in [6.07, 6.45) is 6.59. The fourth-order valence-electron chi connectivity index (χ4n) is 1.03. The Kier molecular flexibility index (Phi) is 11.3. The molecule has 0 amide bonds. The van der Waals surface area contributed by atoms with Gasteiger partial charge in [0.15, 0.2) is 0 Å². The molecule has 0 radical (unpaired) electrons. The fourth-order valence-corrected chi connectivity index (χ4v) is 1.73. The molecule has 1 atom stereocenters. The molecule has 0 saturated heterocycles. The first-order valence-electron chi connectivity index (χ1n) is 5.60. The lowest BCUT2D eigenvalue weighted by atomic mass is 10.2. The van der Waals surface area contributed by atoms with Crippen LogP contribution in [0.1, 0.15) is 52.4 Å². The van der Waals surface area contributed by atoms with Crippen molar-refractivity contribution in [1.29, 1.82) is 0 Å². The zero-order chi connectivity index (χ0) is 10.6. The van der Waals surface area contributed by atoms with Crippen LogP contribution in [0.25, 0.3) is 0 Å². The van der Waals surface area contributed by atoms with Crippen molar-refractivity contribution in [1.82, 2.24) is 0 Å². The van der Waals surface area contributed by atoms with Gasteiger partial charge in [-0.05, 0) is 12.8 Å². The van der Waals surface area contributed by atoms with Crippen LogP contribution in [0, 0.1) is 0 Å². The van der Waals surface area contributed by atoms with Gasteiger partial charge >= 0.3 is 8.25 Å². The second kappa shape index (κ2) is 11.2. The normalized spacial score (nSPS) is 13.0. The highest BCUT2D eigenvalue weighted by Crippen LogP contribution is 2.24. The molecule has 0 saturated carbocycles. The fraction of sp³-hybridized carbons (Fsp3) is 1.00. The van der Waals surface area contributed by atoms with Crippen molar-refractivity contribution < 1.29 is 13.6 Å². The van der Waals surface area contributed by atoms with Gasteiger partial charge in [-0.3, -0.25) is 4.57 Å². The zero-order valence-corrected chi connectivity index (χ0v) is 10.4. The van der Waals surface area contributed by atoms with Gasteiger partial charge in [0.25, 0.3) is 0 Å². The van der Waals surface area contributed by atoms with E-state index in [-0.39, 0.29) is 0 Å². The third kappa shape index (κ3) is 10.2. The molecule has 86 valence electrons. The molecule has 14 heavy (non-hydrogen) atoms. The summed E-state index contributed by atoms with van der Waals surface area (Å²) >= 11 is 0. The van der Waals surface area contributed by atoms with Crippen LogP contribution in [-0.2, 0) is 13.6 Å². The van der Waals surface area contributed by atoms with Crippen molar-refractivity contribution in [3.63, 3.8) is 0 Å². The van der Waals surface area contributed by atoms with Crippen LogP contribution >= 0.6 is 8.25 Å². The molecule has 0 bridgehead atoms. The molecule has 0 aromatic heterocycles. The Morgan fingerprint density at radius 2 is 1.43 bits per heavy atom. The first kappa shape index (κ1) is 14.2. The summed E-state index contributed by atoms with van der Waals surface area (Å²) in [5.74, 6) is 0. The van der Waals surface area contributed by atoms with E-state index in [4.69, 9.17) is 9.05 Å². The van der Waals surface area contributed by atoms with Crippen molar-refractivity contribution in [2.75, 3.05) is 13.2 Å². The molecule has 0 aliphatic rings. The molecule has 0 aromatic carbocycles. The molecule has 0 heterocycles. The van der Waals surface area contributed by atoms with Gasteiger partial charge < -0.3 is 9.05 Å². The van der Waals surface area contributed by atoms with Crippen molar-refractivity contribution in [2.45, 2.75) is 52.4 Å². The molecule has 0 N–H and O–H groups in total. The van der Waals surface area contributed by atoms with Crippen molar-refractivity contribution in [3.05, 3.63) is 0 Å². The zero-order valence-electron chi connectivity index (χ0n) is 9.38. The molecular weight excluding hydrogens is 199 g/mol. The Balaban J connectivity index is 3.10. The molecular formula is C10H23O3P. The van der Waals surface area contributed by atoms with E-state index in [1.165, 1.54) is 12.8 Å². The first-order valence-corrected chi connectivity index (χ1v) is 6.83. The minimum Gasteiger partial charge on any atom is -0.311 e. The summed E-state index contributed by atoms with van der Waals surface area (Å²) in [4.78, 5) is 0. The first-order chi connectivity index (χ1) is 6.81. The Morgan fingerprint density at radius 1 is 0.857 bits per heavy atom. The summed E-state index contributed by atoms with van der Waals surface area (Å²) in [6.45, 7) is 5.37. The van der Waals surface area contributed by atoms with Crippen molar-refractivity contribution >= 4 is 8.25 Å². The summed E-state index contributed by atoms with van der Waals surface area (Å²) < 4.78 is 21.2. The van der Waals surface area contributed by atoms with E-state index >= 15 is 0 Å². The molecule has 1 unspecified atom stereocenters. The topological polar surface area (TPSA) is 35.5 Å². The minimum atomic E-state index is -2.20. The predicted octanol–water partition coefficient (Wildman–Crippen LogP) is 3.79. The van der Waals surface area contributed by atoms with E-state index in [1.54, 1.807) is 0 Å². The molecule has 0 fully saturated rings. The summed E-state index contributed by atoms with van der Waals surface area (Å²) in [5, 5.41) is 0. The van der Waals surface area contributed by atoms with E-state index in [0.29, 0.717) is 13.2 Å². The number of rotatable bonds is 10. The highest BCUT2D eigenvalue weighted by molar-refractivity contribution is 7.33. The van der Waals surface area contributed by atoms with Gasteiger partial charge in [0.05, 0.1) is 13.2 Å².